The fourth-order valence-electron chi connectivity index (χ4n) is 1.35. The highest BCUT2D eigenvalue weighted by molar-refractivity contribution is 4.97. The zero-order valence-electron chi connectivity index (χ0n) is 6.92. The van der Waals surface area contributed by atoms with Crippen LogP contribution in [0.15, 0.2) is 0 Å². The summed E-state index contributed by atoms with van der Waals surface area (Å²) in [6.07, 6.45) is 0.914. The van der Waals surface area contributed by atoms with E-state index in [0.29, 0.717) is 0 Å². The Bertz CT molecular complexity index is 118. The van der Waals surface area contributed by atoms with Crippen LogP contribution in [0.2, 0.25) is 0 Å². The number of rotatable bonds is 2. The van der Waals surface area contributed by atoms with Gasteiger partial charge >= 0.3 is 0 Å². The average Bonchev–Trinajstić information content (AvgIpc) is 1.88. The van der Waals surface area contributed by atoms with E-state index in [2.05, 4.69) is 0 Å². The first-order valence-electron chi connectivity index (χ1n) is 3.88. The van der Waals surface area contributed by atoms with E-state index < -0.39 is 0 Å². The molecule has 2 nitrogen and oxygen atoms in total. The summed E-state index contributed by atoms with van der Waals surface area (Å²) in [5.74, 6) is 0. The van der Waals surface area contributed by atoms with Gasteiger partial charge in [0, 0.05) is 18.4 Å². The third-order valence-electron chi connectivity index (χ3n) is 2.49. The zero-order valence-corrected chi connectivity index (χ0v) is 6.92. The molecule has 1 aliphatic carbocycles. The molecule has 0 spiro atoms. The van der Waals surface area contributed by atoms with E-state index in [-0.39, 0.29) is 17.6 Å². The van der Waals surface area contributed by atoms with Crippen LogP contribution in [0.4, 0.5) is 0 Å². The fourth-order valence-corrected chi connectivity index (χ4v) is 1.35. The van der Waals surface area contributed by atoms with Gasteiger partial charge in [0.15, 0.2) is 0 Å². The van der Waals surface area contributed by atoms with Crippen LogP contribution in [0.5, 0.6) is 0 Å². The smallest absolute Gasteiger partial charge is 0.0675 e. The molecule has 0 aromatic rings. The molecule has 0 heterocycles. The maximum Gasteiger partial charge on any atom is 0.0675 e. The van der Waals surface area contributed by atoms with Crippen molar-refractivity contribution >= 4 is 0 Å². The van der Waals surface area contributed by atoms with Crippen LogP contribution in [0.3, 0.4) is 0 Å². The van der Waals surface area contributed by atoms with Crippen LogP contribution >= 0.6 is 0 Å². The fraction of sp³-hybridized carbons (Fsp3) is 1.00. The molecule has 0 radical (unpaired) electrons. The molecule has 1 aliphatic rings. The van der Waals surface area contributed by atoms with E-state index >= 15 is 0 Å². The predicted molar refractivity (Wildman–Crippen MR) is 39.8 cm³/mol. The van der Waals surface area contributed by atoms with Gasteiger partial charge in [-0.25, -0.2) is 0 Å². The van der Waals surface area contributed by atoms with Gasteiger partial charge in [0.2, 0.25) is 0 Å². The lowest BCUT2D eigenvalue weighted by Crippen LogP contribution is -2.54. The molecule has 0 amide bonds. The van der Waals surface area contributed by atoms with Gasteiger partial charge in [0.25, 0.3) is 0 Å². The molecule has 1 saturated carbocycles. The Labute approximate surface area is 62.2 Å². The van der Waals surface area contributed by atoms with Gasteiger partial charge in [-0.2, -0.15) is 0 Å². The highest BCUT2D eigenvalue weighted by Gasteiger charge is 2.47. The number of aliphatic hydroxyl groups excluding tert-OH is 1. The Morgan fingerprint density at radius 2 is 2.20 bits per heavy atom. The maximum absolute atomic E-state index is 9.29. The Kier molecular flexibility index (Phi) is 2.02. The molecule has 0 aromatic carbocycles. The quantitative estimate of drug-likeness (QED) is 0.630. The van der Waals surface area contributed by atoms with Crippen molar-refractivity contribution in [1.82, 2.24) is 0 Å². The Hall–Kier alpha value is -0.0800. The lowest BCUT2D eigenvalue weighted by molar-refractivity contribution is -0.172. The van der Waals surface area contributed by atoms with Crippen molar-refractivity contribution in [3.63, 3.8) is 0 Å². The number of hydrogen-bond acceptors (Lipinski definition) is 2. The summed E-state index contributed by atoms with van der Waals surface area (Å²) in [5.41, 5.74) is -0.0178. The van der Waals surface area contributed by atoms with Gasteiger partial charge in [-0.05, 0) is 6.92 Å². The van der Waals surface area contributed by atoms with Crippen molar-refractivity contribution < 1.29 is 9.84 Å². The number of aliphatic hydroxyl groups is 1. The van der Waals surface area contributed by atoms with Crippen LogP contribution < -0.4 is 0 Å². The lowest BCUT2D eigenvalue weighted by Gasteiger charge is -2.48. The maximum atomic E-state index is 9.29. The summed E-state index contributed by atoms with van der Waals surface area (Å²) < 4.78 is 5.40. The van der Waals surface area contributed by atoms with Gasteiger partial charge in [-0.1, -0.05) is 13.8 Å². The molecule has 0 aliphatic heterocycles. The number of ether oxygens (including phenoxy) is 1. The predicted octanol–water partition coefficient (Wildman–Crippen LogP) is 1.18. The van der Waals surface area contributed by atoms with Gasteiger partial charge in [-0.15, -0.1) is 0 Å². The van der Waals surface area contributed by atoms with E-state index in [1.807, 2.05) is 20.8 Å². The second-order valence-electron chi connectivity index (χ2n) is 3.52. The first-order valence-corrected chi connectivity index (χ1v) is 3.88. The molecule has 1 N–H and O–H groups in total. The highest BCUT2D eigenvalue weighted by Crippen LogP contribution is 2.42. The van der Waals surface area contributed by atoms with Gasteiger partial charge in [-0.3, -0.25) is 0 Å². The SMILES string of the molecule is CCO[C@@H]1C[C@@H](O)C1(C)C. The topological polar surface area (TPSA) is 29.5 Å². The largest absolute Gasteiger partial charge is 0.392 e. The normalized spacial score (nSPS) is 37.2. The Morgan fingerprint density at radius 1 is 1.60 bits per heavy atom. The molecule has 2 atom stereocenters. The van der Waals surface area contributed by atoms with Crippen molar-refractivity contribution in [3.05, 3.63) is 0 Å². The van der Waals surface area contributed by atoms with E-state index in [9.17, 15) is 5.11 Å². The zero-order chi connectivity index (χ0) is 7.78. The summed E-state index contributed by atoms with van der Waals surface area (Å²) in [6.45, 7) is 6.82. The summed E-state index contributed by atoms with van der Waals surface area (Å²) in [6, 6.07) is 0. The van der Waals surface area contributed by atoms with Crippen LogP contribution in [0.1, 0.15) is 27.2 Å². The van der Waals surface area contributed by atoms with E-state index in [1.54, 1.807) is 0 Å². The second kappa shape index (κ2) is 2.51. The Morgan fingerprint density at radius 3 is 2.50 bits per heavy atom. The summed E-state index contributed by atoms with van der Waals surface area (Å²) in [5, 5.41) is 9.29. The third kappa shape index (κ3) is 1.06. The van der Waals surface area contributed by atoms with E-state index in [1.165, 1.54) is 0 Å². The molecule has 0 aromatic heterocycles. The van der Waals surface area contributed by atoms with Crippen molar-refractivity contribution in [2.45, 2.75) is 39.4 Å². The van der Waals surface area contributed by atoms with Crippen molar-refractivity contribution in [1.29, 1.82) is 0 Å². The van der Waals surface area contributed by atoms with Crippen LogP contribution in [0.25, 0.3) is 0 Å². The first kappa shape index (κ1) is 8.02. The molecular weight excluding hydrogens is 128 g/mol. The lowest BCUT2D eigenvalue weighted by atomic mass is 9.66. The summed E-state index contributed by atoms with van der Waals surface area (Å²) in [4.78, 5) is 0. The van der Waals surface area contributed by atoms with Gasteiger partial charge < -0.3 is 9.84 Å². The van der Waals surface area contributed by atoms with Gasteiger partial charge in [0.1, 0.15) is 0 Å². The molecule has 0 saturated heterocycles. The summed E-state index contributed by atoms with van der Waals surface area (Å²) >= 11 is 0. The minimum Gasteiger partial charge on any atom is -0.392 e. The van der Waals surface area contributed by atoms with Crippen molar-refractivity contribution in [3.8, 4) is 0 Å². The van der Waals surface area contributed by atoms with Crippen LogP contribution in [-0.4, -0.2) is 23.9 Å². The first-order chi connectivity index (χ1) is 4.59. The molecular formula is C8H16O2. The molecule has 1 fully saturated rings. The molecule has 60 valence electrons. The molecule has 2 heteroatoms. The monoisotopic (exact) mass is 144 g/mol. The van der Waals surface area contributed by atoms with Gasteiger partial charge in [0.05, 0.1) is 12.2 Å². The molecule has 1 rings (SSSR count). The van der Waals surface area contributed by atoms with Crippen LogP contribution in [-0.2, 0) is 4.74 Å². The van der Waals surface area contributed by atoms with E-state index in [0.717, 1.165) is 13.0 Å². The third-order valence-corrected chi connectivity index (χ3v) is 2.49. The number of hydrogen-bond donors (Lipinski definition) is 1. The molecule has 0 bridgehead atoms. The van der Waals surface area contributed by atoms with Crippen LogP contribution in [0, 0.1) is 5.41 Å². The average molecular weight is 144 g/mol. The standard InChI is InChI=1S/C8H16O2/c1-4-10-7-5-6(9)8(7,2)3/h6-7,9H,4-5H2,1-3H3/t6-,7-/m1/s1. The summed E-state index contributed by atoms with van der Waals surface area (Å²) in [7, 11) is 0. The minimum absolute atomic E-state index is 0.0178. The second-order valence-corrected chi connectivity index (χ2v) is 3.52. The van der Waals surface area contributed by atoms with Crippen molar-refractivity contribution in [2.24, 2.45) is 5.41 Å². The van der Waals surface area contributed by atoms with Crippen molar-refractivity contribution in [2.75, 3.05) is 6.61 Å². The molecule has 0 unspecified atom stereocenters. The minimum atomic E-state index is -0.163. The van der Waals surface area contributed by atoms with E-state index in [4.69, 9.17) is 4.74 Å². The molecule has 10 heavy (non-hydrogen) atoms. The highest BCUT2D eigenvalue weighted by atomic mass is 16.5. The Balaban J connectivity index is 2.39.